The lowest BCUT2D eigenvalue weighted by atomic mass is 9.80. The normalized spacial score (nSPS) is 12.4. The minimum absolute atomic E-state index is 0.106. The Bertz CT molecular complexity index is 399. The van der Waals surface area contributed by atoms with E-state index in [2.05, 4.69) is 6.92 Å². The minimum Gasteiger partial charge on any atom is -0.423 e. The van der Waals surface area contributed by atoms with Crippen LogP contribution in [0.25, 0.3) is 0 Å². The summed E-state index contributed by atoms with van der Waals surface area (Å²) in [6.45, 7) is 4.38. The van der Waals surface area contributed by atoms with Crippen molar-refractivity contribution in [2.24, 2.45) is 0 Å². The van der Waals surface area contributed by atoms with Gasteiger partial charge in [0.2, 0.25) is 0 Å². The Hall–Kier alpha value is -0.905. The van der Waals surface area contributed by atoms with Crippen molar-refractivity contribution in [2.45, 2.75) is 58.7 Å². The van der Waals surface area contributed by atoms with Crippen molar-refractivity contribution < 1.29 is 19.2 Å². The van der Waals surface area contributed by atoms with Crippen molar-refractivity contribution >= 4 is 12.6 Å². The van der Waals surface area contributed by atoms with Gasteiger partial charge in [-0.15, -0.1) is 0 Å². The largest absolute Gasteiger partial charge is 0.488 e. The van der Waals surface area contributed by atoms with Crippen LogP contribution < -0.4 is 5.46 Å². The number of rotatable bonds is 9. The first-order valence-corrected chi connectivity index (χ1v) is 7.30. The molecule has 0 heterocycles. The summed E-state index contributed by atoms with van der Waals surface area (Å²) >= 11 is 0. The molecule has 0 aliphatic heterocycles. The van der Waals surface area contributed by atoms with Crippen LogP contribution in [0.3, 0.4) is 0 Å². The van der Waals surface area contributed by atoms with Gasteiger partial charge in [0.25, 0.3) is 0 Å². The molecule has 0 saturated heterocycles. The molecule has 0 radical (unpaired) electrons. The monoisotopic (exact) mass is 282 g/mol. The number of ether oxygens (including phenoxy) is 1. The fraction of sp³-hybridized carbons (Fsp3) is 0.600. The molecule has 1 atom stereocenters. The summed E-state index contributed by atoms with van der Waals surface area (Å²) < 4.78 is 19.3. The molecule has 0 amide bonds. The second-order valence-electron chi connectivity index (χ2n) is 5.20. The lowest BCUT2D eigenvalue weighted by Gasteiger charge is -2.13. The molecule has 3 nitrogen and oxygen atoms in total. The van der Waals surface area contributed by atoms with E-state index in [4.69, 9.17) is 14.8 Å². The fourth-order valence-electron chi connectivity index (χ4n) is 2.02. The van der Waals surface area contributed by atoms with Gasteiger partial charge >= 0.3 is 7.12 Å². The maximum Gasteiger partial charge on any atom is 0.488 e. The maximum atomic E-state index is 13.7. The quantitative estimate of drug-likeness (QED) is 0.540. The van der Waals surface area contributed by atoms with E-state index in [9.17, 15) is 4.39 Å². The highest BCUT2D eigenvalue weighted by atomic mass is 19.1. The fourth-order valence-corrected chi connectivity index (χ4v) is 2.02. The molecule has 0 aliphatic rings. The second kappa shape index (κ2) is 9.11. The standard InChI is InChI=1S/C15H24BFO3/c1-3-4-5-6-7-12(2)20-11-13-8-9-14(16(18)19)10-15(13)17/h8-10,12,18-19H,3-7,11H2,1-2H3/t12-/m1/s1. The zero-order valence-electron chi connectivity index (χ0n) is 12.3. The average molecular weight is 282 g/mol. The zero-order chi connectivity index (χ0) is 15.0. The molecule has 2 N–H and O–H groups in total. The Morgan fingerprint density at radius 1 is 1.25 bits per heavy atom. The van der Waals surface area contributed by atoms with Crippen LogP contribution in [0.15, 0.2) is 18.2 Å². The summed E-state index contributed by atoms with van der Waals surface area (Å²) in [6.07, 6.45) is 5.88. The first-order chi connectivity index (χ1) is 9.54. The first-order valence-electron chi connectivity index (χ1n) is 7.30. The van der Waals surface area contributed by atoms with E-state index >= 15 is 0 Å². The molecule has 112 valence electrons. The van der Waals surface area contributed by atoms with Gasteiger partial charge in [0.1, 0.15) is 5.82 Å². The molecular formula is C15H24BFO3. The van der Waals surface area contributed by atoms with Gasteiger partial charge in [-0.1, -0.05) is 44.7 Å². The molecule has 1 aromatic carbocycles. The number of benzene rings is 1. The molecule has 0 spiro atoms. The molecule has 0 fully saturated rings. The summed E-state index contributed by atoms with van der Waals surface area (Å²) in [5.74, 6) is -0.464. The third-order valence-electron chi connectivity index (χ3n) is 3.36. The van der Waals surface area contributed by atoms with Crippen LogP contribution in [-0.2, 0) is 11.3 Å². The van der Waals surface area contributed by atoms with Crippen LogP contribution in [0.5, 0.6) is 0 Å². The molecule has 0 aliphatic carbocycles. The molecule has 0 unspecified atom stereocenters. The van der Waals surface area contributed by atoms with Gasteiger partial charge < -0.3 is 14.8 Å². The molecule has 0 saturated carbocycles. The van der Waals surface area contributed by atoms with Crippen molar-refractivity contribution in [1.82, 2.24) is 0 Å². The molecule has 20 heavy (non-hydrogen) atoms. The molecule has 1 aromatic rings. The Morgan fingerprint density at radius 2 is 2.00 bits per heavy atom. The van der Waals surface area contributed by atoms with E-state index in [0.29, 0.717) is 5.56 Å². The molecule has 0 bridgehead atoms. The number of hydrogen-bond donors (Lipinski definition) is 2. The Kier molecular flexibility index (Phi) is 7.81. The average Bonchev–Trinajstić information content (AvgIpc) is 2.42. The SMILES string of the molecule is CCCCCC[C@@H](C)OCc1ccc(B(O)O)cc1F. The van der Waals surface area contributed by atoms with Crippen molar-refractivity contribution in [3.8, 4) is 0 Å². The Balaban J connectivity index is 2.37. The maximum absolute atomic E-state index is 13.7. The third kappa shape index (κ3) is 6.03. The number of unbranched alkanes of at least 4 members (excludes halogenated alkanes) is 3. The summed E-state index contributed by atoms with van der Waals surface area (Å²) in [6, 6.07) is 4.17. The second-order valence-corrected chi connectivity index (χ2v) is 5.20. The Morgan fingerprint density at radius 3 is 2.60 bits per heavy atom. The Labute approximate surface area is 120 Å². The van der Waals surface area contributed by atoms with Crippen LogP contribution in [-0.4, -0.2) is 23.3 Å². The highest BCUT2D eigenvalue weighted by Crippen LogP contribution is 2.12. The van der Waals surface area contributed by atoms with Crippen LogP contribution in [0.2, 0.25) is 0 Å². The van der Waals surface area contributed by atoms with Crippen LogP contribution >= 0.6 is 0 Å². The molecule has 1 rings (SSSR count). The lowest BCUT2D eigenvalue weighted by molar-refractivity contribution is 0.0443. The van der Waals surface area contributed by atoms with Crippen LogP contribution in [0.1, 0.15) is 51.5 Å². The predicted molar refractivity (Wildman–Crippen MR) is 79.2 cm³/mol. The molecule has 0 aromatic heterocycles. The lowest BCUT2D eigenvalue weighted by Crippen LogP contribution is -2.30. The van der Waals surface area contributed by atoms with Gasteiger partial charge in [0.15, 0.2) is 0 Å². The van der Waals surface area contributed by atoms with Crippen LogP contribution in [0, 0.1) is 5.82 Å². The highest BCUT2D eigenvalue weighted by molar-refractivity contribution is 6.58. The van der Waals surface area contributed by atoms with Crippen LogP contribution in [0.4, 0.5) is 4.39 Å². The van der Waals surface area contributed by atoms with Gasteiger partial charge in [-0.25, -0.2) is 4.39 Å². The van der Waals surface area contributed by atoms with Crippen molar-refractivity contribution in [3.05, 3.63) is 29.6 Å². The predicted octanol–water partition coefficient (Wildman–Crippen LogP) is 2.38. The van der Waals surface area contributed by atoms with E-state index in [0.717, 1.165) is 18.9 Å². The van der Waals surface area contributed by atoms with Crippen molar-refractivity contribution in [3.63, 3.8) is 0 Å². The van der Waals surface area contributed by atoms with Gasteiger partial charge in [-0.05, 0) is 24.9 Å². The van der Waals surface area contributed by atoms with Gasteiger partial charge in [0.05, 0.1) is 12.7 Å². The van der Waals surface area contributed by atoms with E-state index in [-0.39, 0.29) is 18.2 Å². The topological polar surface area (TPSA) is 49.7 Å². The number of halogens is 1. The van der Waals surface area contributed by atoms with E-state index in [1.807, 2.05) is 6.92 Å². The van der Waals surface area contributed by atoms with Gasteiger partial charge in [-0.2, -0.15) is 0 Å². The van der Waals surface area contributed by atoms with E-state index < -0.39 is 12.9 Å². The summed E-state index contributed by atoms with van der Waals surface area (Å²) in [5, 5.41) is 17.9. The summed E-state index contributed by atoms with van der Waals surface area (Å²) in [7, 11) is -1.64. The number of hydrogen-bond acceptors (Lipinski definition) is 3. The minimum atomic E-state index is -1.64. The smallest absolute Gasteiger partial charge is 0.423 e. The highest BCUT2D eigenvalue weighted by Gasteiger charge is 2.14. The summed E-state index contributed by atoms with van der Waals surface area (Å²) in [4.78, 5) is 0. The third-order valence-corrected chi connectivity index (χ3v) is 3.36. The van der Waals surface area contributed by atoms with E-state index in [1.54, 1.807) is 0 Å². The van der Waals surface area contributed by atoms with Gasteiger partial charge in [0, 0.05) is 5.56 Å². The van der Waals surface area contributed by atoms with Crippen molar-refractivity contribution in [2.75, 3.05) is 0 Å². The van der Waals surface area contributed by atoms with Gasteiger partial charge in [-0.3, -0.25) is 0 Å². The summed E-state index contributed by atoms with van der Waals surface area (Å²) in [5.41, 5.74) is 0.591. The van der Waals surface area contributed by atoms with Crippen molar-refractivity contribution in [1.29, 1.82) is 0 Å². The molecule has 5 heteroatoms. The first kappa shape index (κ1) is 17.1. The van der Waals surface area contributed by atoms with E-state index in [1.165, 1.54) is 31.4 Å². The zero-order valence-corrected chi connectivity index (χ0v) is 12.3. The molecular weight excluding hydrogens is 258 g/mol.